The molecule has 0 bridgehead atoms. The summed E-state index contributed by atoms with van der Waals surface area (Å²) in [6, 6.07) is 11.0. The third kappa shape index (κ3) is 7.37. The molecule has 0 spiro atoms. The third-order valence-corrected chi connectivity index (χ3v) is 6.79. The second-order valence-corrected chi connectivity index (χ2v) is 8.21. The van der Waals surface area contributed by atoms with Gasteiger partial charge < -0.3 is 0 Å². The van der Waals surface area contributed by atoms with Crippen LogP contribution in [0, 0.1) is 0 Å². The Morgan fingerprint density at radius 1 is 0.938 bits per heavy atom. The molecule has 0 amide bonds. The van der Waals surface area contributed by atoms with Gasteiger partial charge in [0, 0.05) is 13.6 Å². The summed E-state index contributed by atoms with van der Waals surface area (Å²) >= 11 is 0. The summed E-state index contributed by atoms with van der Waals surface area (Å²) in [7, 11) is 1.78. The van der Waals surface area contributed by atoms with Crippen LogP contribution in [0.1, 0.15) is 45.4 Å². The summed E-state index contributed by atoms with van der Waals surface area (Å²) in [6.07, 6.45) is 10.1. The van der Waals surface area contributed by atoms with Crippen molar-refractivity contribution in [3.05, 3.63) is 30.3 Å². The van der Waals surface area contributed by atoms with E-state index < -0.39 is 0 Å². The van der Waals surface area contributed by atoms with Crippen LogP contribution < -0.4 is 5.30 Å². The molecule has 2 unspecified atom stereocenters. The van der Waals surface area contributed by atoms with Gasteiger partial charge in [-0.3, -0.25) is 0 Å². The molecular weight excluding hydrogens is 230 g/mol. The summed E-state index contributed by atoms with van der Waals surface area (Å²) in [4.78, 5) is 0. The van der Waals surface area contributed by atoms with Gasteiger partial charge in [0.05, 0.1) is 14.4 Å². The SMILES string of the molecule is CCCCCCCC[PH2+]Pc1ccccc1. The second-order valence-electron chi connectivity index (χ2n) is 4.27. The van der Waals surface area contributed by atoms with E-state index >= 15 is 0 Å². The minimum Gasteiger partial charge on any atom is -0.0654 e. The van der Waals surface area contributed by atoms with Crippen LogP contribution in [-0.4, -0.2) is 6.16 Å². The number of benzene rings is 1. The smallest absolute Gasteiger partial charge is 0.0654 e. The van der Waals surface area contributed by atoms with Crippen LogP contribution in [0.4, 0.5) is 0 Å². The van der Waals surface area contributed by atoms with Crippen LogP contribution in [0.3, 0.4) is 0 Å². The molecule has 1 rings (SSSR count). The average molecular weight is 255 g/mol. The van der Waals surface area contributed by atoms with Crippen LogP contribution in [-0.2, 0) is 0 Å². The lowest BCUT2D eigenvalue weighted by molar-refractivity contribution is 0.627. The van der Waals surface area contributed by atoms with Crippen LogP contribution in [0.2, 0.25) is 0 Å². The van der Waals surface area contributed by atoms with Crippen LogP contribution in [0.15, 0.2) is 30.3 Å². The zero-order valence-electron chi connectivity index (χ0n) is 10.4. The van der Waals surface area contributed by atoms with Gasteiger partial charge >= 0.3 is 0 Å². The van der Waals surface area contributed by atoms with Crippen LogP contribution >= 0.6 is 16.5 Å². The number of hydrogen-bond acceptors (Lipinski definition) is 0. The minimum atomic E-state index is 0.675. The zero-order chi connectivity index (χ0) is 11.5. The molecule has 1 aromatic rings. The van der Waals surface area contributed by atoms with Gasteiger partial charge in [0.25, 0.3) is 0 Å². The molecule has 2 heteroatoms. The van der Waals surface area contributed by atoms with Gasteiger partial charge in [0.1, 0.15) is 0 Å². The van der Waals surface area contributed by atoms with Crippen molar-refractivity contribution >= 4 is 21.8 Å². The molecule has 0 aliphatic rings. The lowest BCUT2D eigenvalue weighted by Gasteiger charge is -1.98. The second kappa shape index (κ2) is 10.2. The monoisotopic (exact) mass is 255 g/mol. The summed E-state index contributed by atoms with van der Waals surface area (Å²) in [5.41, 5.74) is 0. The van der Waals surface area contributed by atoms with E-state index in [9.17, 15) is 0 Å². The van der Waals surface area contributed by atoms with E-state index in [2.05, 4.69) is 37.3 Å². The van der Waals surface area contributed by atoms with Crippen LogP contribution in [0.5, 0.6) is 0 Å². The maximum absolute atomic E-state index is 2.28. The molecular formula is C14H25P2+. The quantitative estimate of drug-likeness (QED) is 0.444. The fourth-order valence-electron chi connectivity index (χ4n) is 1.75. The fraction of sp³-hybridized carbons (Fsp3) is 0.571. The maximum Gasteiger partial charge on any atom is 0.0679 e. The van der Waals surface area contributed by atoms with Gasteiger partial charge in [-0.25, -0.2) is 0 Å². The van der Waals surface area contributed by atoms with Crippen molar-refractivity contribution in [1.82, 2.24) is 0 Å². The highest BCUT2D eigenvalue weighted by Gasteiger charge is 1.98. The Labute approximate surface area is 104 Å². The van der Waals surface area contributed by atoms with E-state index in [0.29, 0.717) is 8.27 Å². The summed E-state index contributed by atoms with van der Waals surface area (Å²) in [5.74, 6) is 0. The molecule has 0 N–H and O–H groups in total. The maximum atomic E-state index is 2.28. The largest absolute Gasteiger partial charge is 0.0679 e. The van der Waals surface area contributed by atoms with Crippen molar-refractivity contribution in [1.29, 1.82) is 0 Å². The van der Waals surface area contributed by atoms with E-state index in [1.54, 1.807) is 5.30 Å². The van der Waals surface area contributed by atoms with Crippen LogP contribution in [0.25, 0.3) is 0 Å². The predicted octanol–water partition coefficient (Wildman–Crippen LogP) is 4.68. The Morgan fingerprint density at radius 3 is 2.38 bits per heavy atom. The molecule has 1 aromatic carbocycles. The molecule has 0 radical (unpaired) electrons. The molecule has 0 aliphatic carbocycles. The van der Waals surface area contributed by atoms with E-state index in [1.807, 2.05) is 0 Å². The zero-order valence-corrected chi connectivity index (χ0v) is 12.6. The summed E-state index contributed by atoms with van der Waals surface area (Å²) in [5, 5.41) is 1.56. The standard InChI is InChI=1S/C14H24P2/c1-2-3-4-5-6-10-13-15-16-14-11-8-7-9-12-14/h7-9,11-12,15-16H,2-6,10,13H2,1H3/p+1. The van der Waals surface area contributed by atoms with Crippen molar-refractivity contribution in [2.75, 3.05) is 6.16 Å². The van der Waals surface area contributed by atoms with E-state index in [0.717, 1.165) is 8.27 Å². The predicted molar refractivity (Wildman–Crippen MR) is 82.3 cm³/mol. The van der Waals surface area contributed by atoms with Gasteiger partial charge in [-0.2, -0.15) is 0 Å². The van der Waals surface area contributed by atoms with Gasteiger partial charge in [0.2, 0.25) is 0 Å². The molecule has 0 heterocycles. The van der Waals surface area contributed by atoms with E-state index in [1.165, 1.54) is 44.7 Å². The molecule has 0 saturated heterocycles. The number of rotatable bonds is 9. The third-order valence-electron chi connectivity index (χ3n) is 2.74. The average Bonchev–Trinajstić information content (AvgIpc) is 2.34. The highest BCUT2D eigenvalue weighted by atomic mass is 32.0. The minimum absolute atomic E-state index is 0.675. The topological polar surface area (TPSA) is 0 Å². The highest BCUT2D eigenvalue weighted by molar-refractivity contribution is 8.15. The fourth-order valence-corrected chi connectivity index (χ4v) is 5.34. The Morgan fingerprint density at radius 2 is 1.62 bits per heavy atom. The molecule has 90 valence electrons. The Kier molecular flexibility index (Phi) is 9.06. The Balaban J connectivity index is 1.89. The van der Waals surface area contributed by atoms with Crippen molar-refractivity contribution in [3.63, 3.8) is 0 Å². The van der Waals surface area contributed by atoms with Gasteiger partial charge in [-0.15, -0.1) is 0 Å². The number of hydrogen-bond donors (Lipinski definition) is 0. The van der Waals surface area contributed by atoms with Crippen molar-refractivity contribution in [2.24, 2.45) is 0 Å². The molecule has 0 saturated carbocycles. The van der Waals surface area contributed by atoms with Gasteiger partial charge in [-0.05, 0) is 12.8 Å². The summed E-state index contributed by atoms with van der Waals surface area (Å²) < 4.78 is 0. The van der Waals surface area contributed by atoms with Crippen molar-refractivity contribution in [2.45, 2.75) is 45.4 Å². The van der Waals surface area contributed by atoms with E-state index in [4.69, 9.17) is 0 Å². The van der Waals surface area contributed by atoms with Gasteiger partial charge in [0.15, 0.2) is 0 Å². The molecule has 0 aliphatic heterocycles. The highest BCUT2D eigenvalue weighted by Crippen LogP contribution is 2.36. The first-order valence-electron chi connectivity index (χ1n) is 6.56. The lowest BCUT2D eigenvalue weighted by atomic mass is 10.1. The lowest BCUT2D eigenvalue weighted by Crippen LogP contribution is -1.88. The van der Waals surface area contributed by atoms with Crippen molar-refractivity contribution in [3.8, 4) is 0 Å². The Bertz CT molecular complexity index is 246. The van der Waals surface area contributed by atoms with E-state index in [-0.39, 0.29) is 0 Å². The molecule has 0 nitrogen and oxygen atoms in total. The first-order valence-corrected chi connectivity index (χ1v) is 10.2. The Hall–Kier alpha value is 0.0800. The van der Waals surface area contributed by atoms with Crippen molar-refractivity contribution < 1.29 is 0 Å². The first kappa shape index (κ1) is 14.1. The molecule has 16 heavy (non-hydrogen) atoms. The molecule has 2 atom stereocenters. The molecule has 0 fully saturated rings. The molecule has 0 aromatic heterocycles. The normalized spacial score (nSPS) is 12.1. The summed E-state index contributed by atoms with van der Waals surface area (Å²) in [6.45, 7) is 2.28. The van der Waals surface area contributed by atoms with Gasteiger partial charge in [-0.1, -0.05) is 62.9 Å². The number of unbranched alkanes of at least 4 members (excludes halogenated alkanes) is 5. The first-order chi connectivity index (χ1) is 7.93.